The van der Waals surface area contributed by atoms with Crippen LogP contribution in [0.5, 0.6) is 0 Å². The number of hydrogen-bond acceptors (Lipinski definition) is 2. The largest absolute Gasteiger partial charge is 0.333 e. The van der Waals surface area contributed by atoms with Gasteiger partial charge in [0.1, 0.15) is 0 Å². The molecule has 1 aromatic carbocycles. The van der Waals surface area contributed by atoms with Gasteiger partial charge in [0.05, 0.1) is 12.0 Å². The molecule has 0 saturated carbocycles. The predicted molar refractivity (Wildman–Crippen MR) is 79.4 cm³/mol. The van der Waals surface area contributed by atoms with Gasteiger partial charge in [-0.25, -0.2) is 4.98 Å². The molecule has 0 aliphatic heterocycles. The third-order valence-electron chi connectivity index (χ3n) is 3.16. The van der Waals surface area contributed by atoms with Crippen molar-refractivity contribution in [3.05, 3.63) is 53.6 Å². The van der Waals surface area contributed by atoms with E-state index in [1.807, 2.05) is 6.33 Å². The van der Waals surface area contributed by atoms with Crippen molar-refractivity contribution in [3.8, 4) is 0 Å². The standard InChI is InChI=1S/C16H23N3/c1-3-9-17-10-8-16-12-19(13-18-16)11-15-6-4-14(2)5-7-15/h4-7,12-13,17H,3,8-11H2,1-2H3. The number of rotatable bonds is 7. The van der Waals surface area contributed by atoms with Crippen LogP contribution >= 0.6 is 0 Å². The zero-order valence-electron chi connectivity index (χ0n) is 11.9. The minimum atomic E-state index is 0.898. The Labute approximate surface area is 115 Å². The molecule has 1 heterocycles. The molecule has 102 valence electrons. The van der Waals surface area contributed by atoms with Crippen LogP contribution in [0.1, 0.15) is 30.2 Å². The van der Waals surface area contributed by atoms with Gasteiger partial charge < -0.3 is 9.88 Å². The minimum absolute atomic E-state index is 0.898. The van der Waals surface area contributed by atoms with Gasteiger partial charge in [-0.05, 0) is 25.5 Å². The molecule has 0 unspecified atom stereocenters. The van der Waals surface area contributed by atoms with Crippen molar-refractivity contribution in [2.45, 2.75) is 33.2 Å². The van der Waals surface area contributed by atoms with E-state index < -0.39 is 0 Å². The summed E-state index contributed by atoms with van der Waals surface area (Å²) in [6.07, 6.45) is 6.26. The fraction of sp³-hybridized carbons (Fsp3) is 0.438. The average molecular weight is 257 g/mol. The zero-order valence-corrected chi connectivity index (χ0v) is 11.9. The molecule has 2 aromatic rings. The highest BCUT2D eigenvalue weighted by atomic mass is 15.0. The average Bonchev–Trinajstić information content (AvgIpc) is 2.85. The number of nitrogens with zero attached hydrogens (tertiary/aromatic N) is 2. The lowest BCUT2D eigenvalue weighted by Gasteiger charge is -2.03. The van der Waals surface area contributed by atoms with E-state index in [0.29, 0.717) is 0 Å². The molecule has 0 radical (unpaired) electrons. The normalized spacial score (nSPS) is 10.8. The van der Waals surface area contributed by atoms with Crippen LogP contribution in [-0.2, 0) is 13.0 Å². The maximum atomic E-state index is 4.45. The molecule has 0 aliphatic carbocycles. The van der Waals surface area contributed by atoms with Gasteiger partial charge in [-0.2, -0.15) is 0 Å². The first-order valence-electron chi connectivity index (χ1n) is 7.05. The van der Waals surface area contributed by atoms with E-state index in [-0.39, 0.29) is 0 Å². The second kappa shape index (κ2) is 7.10. The minimum Gasteiger partial charge on any atom is -0.333 e. The van der Waals surface area contributed by atoms with Crippen LogP contribution in [0.4, 0.5) is 0 Å². The van der Waals surface area contributed by atoms with Crippen molar-refractivity contribution in [1.82, 2.24) is 14.9 Å². The van der Waals surface area contributed by atoms with E-state index in [9.17, 15) is 0 Å². The molecule has 0 fully saturated rings. The van der Waals surface area contributed by atoms with Crippen molar-refractivity contribution >= 4 is 0 Å². The maximum absolute atomic E-state index is 4.45. The number of nitrogens with one attached hydrogen (secondary N) is 1. The molecule has 3 heteroatoms. The maximum Gasteiger partial charge on any atom is 0.0952 e. The second-order valence-corrected chi connectivity index (χ2v) is 5.02. The molecule has 0 atom stereocenters. The van der Waals surface area contributed by atoms with Crippen molar-refractivity contribution in [1.29, 1.82) is 0 Å². The summed E-state index contributed by atoms with van der Waals surface area (Å²) < 4.78 is 2.15. The number of benzene rings is 1. The topological polar surface area (TPSA) is 29.9 Å². The lowest BCUT2D eigenvalue weighted by Crippen LogP contribution is -2.17. The fourth-order valence-corrected chi connectivity index (χ4v) is 2.04. The van der Waals surface area contributed by atoms with Gasteiger partial charge >= 0.3 is 0 Å². The van der Waals surface area contributed by atoms with Gasteiger partial charge in [-0.1, -0.05) is 36.8 Å². The summed E-state index contributed by atoms with van der Waals surface area (Å²) in [5, 5.41) is 3.40. The first-order valence-corrected chi connectivity index (χ1v) is 7.05. The quantitative estimate of drug-likeness (QED) is 0.773. The Morgan fingerprint density at radius 3 is 2.68 bits per heavy atom. The summed E-state index contributed by atoms with van der Waals surface area (Å²) in [4.78, 5) is 4.45. The summed E-state index contributed by atoms with van der Waals surface area (Å²) in [6.45, 7) is 7.29. The SMILES string of the molecule is CCCNCCc1cn(Cc2ccc(C)cc2)cn1. The highest BCUT2D eigenvalue weighted by molar-refractivity contribution is 5.21. The van der Waals surface area contributed by atoms with Crippen LogP contribution in [0, 0.1) is 6.92 Å². The van der Waals surface area contributed by atoms with Crippen molar-refractivity contribution in [3.63, 3.8) is 0 Å². The Balaban J connectivity index is 1.85. The van der Waals surface area contributed by atoms with Gasteiger partial charge in [-0.15, -0.1) is 0 Å². The van der Waals surface area contributed by atoms with E-state index in [4.69, 9.17) is 0 Å². The molecule has 1 N–H and O–H groups in total. The Hall–Kier alpha value is -1.61. The highest BCUT2D eigenvalue weighted by Crippen LogP contribution is 2.06. The summed E-state index contributed by atoms with van der Waals surface area (Å²) in [5.41, 5.74) is 3.78. The van der Waals surface area contributed by atoms with Crippen molar-refractivity contribution in [2.75, 3.05) is 13.1 Å². The Bertz CT molecular complexity index is 485. The van der Waals surface area contributed by atoms with Crippen LogP contribution in [0.25, 0.3) is 0 Å². The second-order valence-electron chi connectivity index (χ2n) is 5.02. The molecule has 0 saturated heterocycles. The Morgan fingerprint density at radius 2 is 1.95 bits per heavy atom. The van der Waals surface area contributed by atoms with E-state index in [1.165, 1.54) is 17.5 Å². The molecule has 0 aliphatic rings. The van der Waals surface area contributed by atoms with E-state index >= 15 is 0 Å². The predicted octanol–water partition coefficient (Wildman–Crippen LogP) is 2.78. The summed E-state index contributed by atoms with van der Waals surface area (Å²) in [5.74, 6) is 0. The number of aromatic nitrogens is 2. The van der Waals surface area contributed by atoms with Crippen LogP contribution < -0.4 is 5.32 Å². The monoisotopic (exact) mass is 257 g/mol. The summed E-state index contributed by atoms with van der Waals surface area (Å²) >= 11 is 0. The van der Waals surface area contributed by atoms with Crippen LogP contribution in [0.15, 0.2) is 36.8 Å². The molecule has 19 heavy (non-hydrogen) atoms. The van der Waals surface area contributed by atoms with Crippen LogP contribution in [-0.4, -0.2) is 22.6 Å². The first-order chi connectivity index (χ1) is 9.28. The molecule has 0 bridgehead atoms. The zero-order chi connectivity index (χ0) is 13.5. The molecular weight excluding hydrogens is 234 g/mol. The number of hydrogen-bond donors (Lipinski definition) is 1. The summed E-state index contributed by atoms with van der Waals surface area (Å²) in [6, 6.07) is 8.67. The molecule has 2 rings (SSSR count). The Morgan fingerprint density at radius 1 is 1.16 bits per heavy atom. The van der Waals surface area contributed by atoms with Gasteiger partial charge in [-0.3, -0.25) is 0 Å². The van der Waals surface area contributed by atoms with Gasteiger partial charge in [0.15, 0.2) is 0 Å². The third kappa shape index (κ3) is 4.52. The first kappa shape index (κ1) is 13.8. The number of aryl methyl sites for hydroxylation is 1. The smallest absolute Gasteiger partial charge is 0.0952 e. The fourth-order valence-electron chi connectivity index (χ4n) is 2.04. The Kier molecular flexibility index (Phi) is 5.16. The lowest BCUT2D eigenvalue weighted by molar-refractivity contribution is 0.666. The lowest BCUT2D eigenvalue weighted by atomic mass is 10.1. The number of imidazole rings is 1. The van der Waals surface area contributed by atoms with Gasteiger partial charge in [0.2, 0.25) is 0 Å². The molecule has 3 nitrogen and oxygen atoms in total. The highest BCUT2D eigenvalue weighted by Gasteiger charge is 2.00. The molecule has 0 spiro atoms. The van der Waals surface area contributed by atoms with Crippen molar-refractivity contribution in [2.24, 2.45) is 0 Å². The van der Waals surface area contributed by atoms with E-state index in [2.05, 4.69) is 59.2 Å². The third-order valence-corrected chi connectivity index (χ3v) is 3.16. The molecule has 1 aromatic heterocycles. The van der Waals surface area contributed by atoms with Crippen LogP contribution in [0.3, 0.4) is 0 Å². The van der Waals surface area contributed by atoms with E-state index in [1.54, 1.807) is 0 Å². The van der Waals surface area contributed by atoms with Crippen LogP contribution in [0.2, 0.25) is 0 Å². The molecular formula is C16H23N3. The van der Waals surface area contributed by atoms with E-state index in [0.717, 1.165) is 31.7 Å². The molecule has 0 amide bonds. The van der Waals surface area contributed by atoms with Gasteiger partial charge in [0.25, 0.3) is 0 Å². The summed E-state index contributed by atoms with van der Waals surface area (Å²) in [7, 11) is 0. The van der Waals surface area contributed by atoms with Gasteiger partial charge in [0, 0.05) is 25.7 Å². The van der Waals surface area contributed by atoms with Crippen molar-refractivity contribution < 1.29 is 0 Å².